The third-order valence-corrected chi connectivity index (χ3v) is 14.1. The maximum atomic E-state index is 14.6. The average Bonchev–Trinajstić information content (AvgIpc) is 3.74. The molecule has 0 saturated carbocycles. The second kappa shape index (κ2) is 29.4. The number of likely N-dealkylation sites (N-methyl/N-ethyl adjacent to an activating group) is 2. The largest absolute Gasteiger partial charge is 0.481 e. The average molecular weight is 884 g/mol. The number of ether oxygens (including phenoxy) is 2. The maximum Gasteiger partial charge on any atom is 0.307 e. The molecule has 2 amide bonds. The number of rotatable bonds is 33. The van der Waals surface area contributed by atoms with Crippen molar-refractivity contribution in [2.24, 2.45) is 35.5 Å². The molecule has 2 rings (SSSR count). The Bertz CT molecular complexity index is 1500. The Morgan fingerprint density at radius 3 is 1.90 bits per heavy atom. The summed E-state index contributed by atoms with van der Waals surface area (Å²) in [5.41, 5.74) is 0.854. The highest BCUT2D eigenvalue weighted by Gasteiger charge is 2.43. The number of carboxylic acid groups (broad SMARTS) is 1. The molecular formula is C52H89N3O8. The number of ketones is 2. The molecule has 0 aromatic heterocycles. The van der Waals surface area contributed by atoms with Crippen molar-refractivity contribution in [3.63, 3.8) is 0 Å². The highest BCUT2D eigenvalue weighted by Crippen LogP contribution is 2.32. The zero-order chi connectivity index (χ0) is 47.2. The van der Waals surface area contributed by atoms with Crippen molar-refractivity contribution in [2.75, 3.05) is 41.4 Å². The van der Waals surface area contributed by atoms with Crippen LogP contribution in [0.4, 0.5) is 0 Å². The van der Waals surface area contributed by atoms with Gasteiger partial charge in [-0.1, -0.05) is 144 Å². The summed E-state index contributed by atoms with van der Waals surface area (Å²) in [6.45, 7) is 17.7. The van der Waals surface area contributed by atoms with E-state index >= 15 is 0 Å². The Morgan fingerprint density at radius 1 is 0.778 bits per heavy atom. The van der Waals surface area contributed by atoms with Crippen LogP contribution in [-0.2, 0) is 39.9 Å². The van der Waals surface area contributed by atoms with Gasteiger partial charge in [0.25, 0.3) is 0 Å². The number of carbonyl (C=O) groups is 5. The van der Waals surface area contributed by atoms with Gasteiger partial charge in [-0.3, -0.25) is 28.9 Å². The van der Waals surface area contributed by atoms with E-state index in [-0.39, 0.29) is 78.9 Å². The Balaban J connectivity index is 2.18. The number of likely N-dealkylation sites (tertiary alicyclic amines) is 1. The molecule has 63 heavy (non-hydrogen) atoms. The van der Waals surface area contributed by atoms with Gasteiger partial charge in [0.15, 0.2) is 5.78 Å². The lowest BCUT2D eigenvalue weighted by atomic mass is 9.83. The van der Waals surface area contributed by atoms with Gasteiger partial charge in [-0.25, -0.2) is 0 Å². The molecule has 0 radical (unpaired) electrons. The van der Waals surface area contributed by atoms with Crippen LogP contribution in [0, 0.1) is 35.5 Å². The third kappa shape index (κ3) is 17.6. The van der Waals surface area contributed by atoms with Crippen LogP contribution in [0.1, 0.15) is 157 Å². The highest BCUT2D eigenvalue weighted by atomic mass is 16.5. The molecule has 11 nitrogen and oxygen atoms in total. The van der Waals surface area contributed by atoms with Gasteiger partial charge in [-0.2, -0.15) is 0 Å². The summed E-state index contributed by atoms with van der Waals surface area (Å²) in [7, 11) is 6.96. The van der Waals surface area contributed by atoms with E-state index in [4.69, 9.17) is 9.47 Å². The van der Waals surface area contributed by atoms with Crippen LogP contribution >= 0.6 is 0 Å². The zero-order valence-electron chi connectivity index (χ0n) is 41.6. The fourth-order valence-corrected chi connectivity index (χ4v) is 10.1. The number of Topliss-reactive ketones (excluding diaryl/α,β-unsaturated/α-hetero) is 2. The fourth-order valence-electron chi connectivity index (χ4n) is 10.1. The predicted molar refractivity (Wildman–Crippen MR) is 253 cm³/mol. The SMILES string of the molecule is CCCCCCCCCCCN(C)[C@H](C(=O)C[C@H](C(=O)N(C)[C@@H]([C@@H](C)CC)[C@@H](CC(=O)N1CCC[C@H]1[C@H](OC)[C@@H](C)C(=O)C[C@@H](Cc1ccccc1)C(=O)O)OC)C(C)C)C(C)C. The molecule has 11 heteroatoms. The monoisotopic (exact) mass is 884 g/mol. The van der Waals surface area contributed by atoms with E-state index in [1.54, 1.807) is 38.0 Å². The summed E-state index contributed by atoms with van der Waals surface area (Å²) in [6, 6.07) is 8.23. The summed E-state index contributed by atoms with van der Waals surface area (Å²) in [6.07, 6.45) is 12.4. The predicted octanol–water partition coefficient (Wildman–Crippen LogP) is 9.53. The first kappa shape index (κ1) is 56.0. The number of hydrogen-bond acceptors (Lipinski definition) is 8. The molecule has 1 heterocycles. The van der Waals surface area contributed by atoms with Gasteiger partial charge in [-0.15, -0.1) is 0 Å². The van der Waals surface area contributed by atoms with Crippen molar-refractivity contribution in [2.45, 2.75) is 188 Å². The molecule has 1 aromatic rings. The van der Waals surface area contributed by atoms with Crippen molar-refractivity contribution in [3.05, 3.63) is 35.9 Å². The highest BCUT2D eigenvalue weighted by molar-refractivity contribution is 5.90. The van der Waals surface area contributed by atoms with E-state index < -0.39 is 42.0 Å². The van der Waals surface area contributed by atoms with Crippen LogP contribution < -0.4 is 0 Å². The van der Waals surface area contributed by atoms with E-state index in [0.717, 1.165) is 37.8 Å². The van der Waals surface area contributed by atoms with E-state index in [2.05, 4.69) is 39.5 Å². The fraction of sp³-hybridized carbons (Fsp3) is 0.788. The smallest absolute Gasteiger partial charge is 0.307 e. The van der Waals surface area contributed by atoms with Crippen molar-refractivity contribution < 1.29 is 38.6 Å². The Morgan fingerprint density at radius 2 is 1.38 bits per heavy atom. The Kier molecular flexibility index (Phi) is 26.1. The van der Waals surface area contributed by atoms with Gasteiger partial charge in [0.1, 0.15) is 5.78 Å². The summed E-state index contributed by atoms with van der Waals surface area (Å²) >= 11 is 0. The number of carboxylic acids is 1. The van der Waals surface area contributed by atoms with Crippen LogP contribution in [0.15, 0.2) is 30.3 Å². The molecular weight excluding hydrogens is 795 g/mol. The van der Waals surface area contributed by atoms with Crippen LogP contribution in [0.5, 0.6) is 0 Å². The normalized spacial score (nSPS) is 18.2. The van der Waals surface area contributed by atoms with Crippen molar-refractivity contribution in [1.82, 2.24) is 14.7 Å². The van der Waals surface area contributed by atoms with Gasteiger partial charge in [-0.05, 0) is 62.6 Å². The topological polar surface area (TPSA) is 134 Å². The minimum absolute atomic E-state index is 0.0112. The minimum atomic E-state index is -1.02. The summed E-state index contributed by atoms with van der Waals surface area (Å²) in [5.74, 6) is -3.41. The van der Waals surface area contributed by atoms with E-state index in [9.17, 15) is 29.1 Å². The van der Waals surface area contributed by atoms with Gasteiger partial charge < -0.3 is 24.4 Å². The van der Waals surface area contributed by atoms with E-state index in [1.165, 1.54) is 44.9 Å². The molecule has 360 valence electrons. The molecule has 1 aromatic carbocycles. The van der Waals surface area contributed by atoms with Crippen LogP contribution in [-0.4, -0.2) is 121 Å². The van der Waals surface area contributed by atoms with Gasteiger partial charge in [0, 0.05) is 52.5 Å². The number of amides is 2. The molecule has 1 saturated heterocycles. The number of aliphatic carboxylic acids is 1. The first-order chi connectivity index (χ1) is 29.9. The second-order valence-electron chi connectivity index (χ2n) is 19.5. The molecule has 0 bridgehead atoms. The minimum Gasteiger partial charge on any atom is -0.481 e. The molecule has 0 unspecified atom stereocenters. The van der Waals surface area contributed by atoms with Crippen LogP contribution in [0.3, 0.4) is 0 Å². The maximum absolute atomic E-state index is 14.6. The number of hydrogen-bond donors (Lipinski definition) is 1. The molecule has 1 aliphatic heterocycles. The summed E-state index contributed by atoms with van der Waals surface area (Å²) in [5, 5.41) is 10.0. The lowest BCUT2D eigenvalue weighted by molar-refractivity contribution is -0.149. The standard InChI is InChI=1S/C52H89N3O8/c1-13-15-16-17-18-19-20-21-25-30-53(9)48(37(5)6)45(57)34-42(36(3)4)51(59)54(10)49(38(7)14-2)46(62-11)35-47(58)55-31-26-29-43(55)50(63-12)39(8)44(56)33-41(52(60)61)32-40-27-23-22-24-28-40/h22-24,27-28,36-39,41-43,46,48-50H,13-21,25-26,29-35H2,1-12H3,(H,60,61)/t38-,39-,41+,42-,43-,46+,48-,49-,50+/m0/s1. The van der Waals surface area contributed by atoms with Crippen molar-refractivity contribution in [1.29, 1.82) is 0 Å². The number of benzene rings is 1. The first-order valence-corrected chi connectivity index (χ1v) is 24.6. The van der Waals surface area contributed by atoms with Crippen LogP contribution in [0.2, 0.25) is 0 Å². The first-order valence-electron chi connectivity index (χ1n) is 24.6. The molecule has 1 N–H and O–H groups in total. The summed E-state index contributed by atoms with van der Waals surface area (Å²) < 4.78 is 12.1. The number of carbonyl (C=O) groups excluding carboxylic acids is 4. The lowest BCUT2D eigenvalue weighted by Crippen LogP contribution is -2.54. The molecule has 0 spiro atoms. The van der Waals surface area contributed by atoms with Crippen molar-refractivity contribution >= 4 is 29.4 Å². The third-order valence-electron chi connectivity index (χ3n) is 14.1. The quantitative estimate of drug-likeness (QED) is 0.0686. The zero-order valence-corrected chi connectivity index (χ0v) is 41.6. The van der Waals surface area contributed by atoms with Crippen LogP contribution in [0.25, 0.3) is 0 Å². The van der Waals surface area contributed by atoms with Crippen molar-refractivity contribution in [3.8, 4) is 0 Å². The molecule has 0 aliphatic carbocycles. The molecule has 1 aliphatic rings. The number of nitrogens with zero attached hydrogens (tertiary/aromatic N) is 3. The van der Waals surface area contributed by atoms with E-state index in [1.807, 2.05) is 51.2 Å². The second-order valence-corrected chi connectivity index (χ2v) is 19.5. The van der Waals surface area contributed by atoms with Gasteiger partial charge in [0.2, 0.25) is 11.8 Å². The van der Waals surface area contributed by atoms with Gasteiger partial charge >= 0.3 is 5.97 Å². The Hall–Kier alpha value is -3.15. The summed E-state index contributed by atoms with van der Waals surface area (Å²) in [4.78, 5) is 74.8. The van der Waals surface area contributed by atoms with Gasteiger partial charge in [0.05, 0.1) is 42.7 Å². The number of unbranched alkanes of at least 4 members (excludes halogenated alkanes) is 8. The number of methoxy groups -OCH3 is 2. The Labute approximate surface area is 382 Å². The molecule has 9 atom stereocenters. The lowest BCUT2D eigenvalue weighted by Gasteiger charge is -2.41. The van der Waals surface area contributed by atoms with E-state index in [0.29, 0.717) is 13.0 Å². The molecule has 1 fully saturated rings.